The van der Waals surface area contributed by atoms with Crippen LogP contribution in [0.2, 0.25) is 0 Å². The van der Waals surface area contributed by atoms with Crippen LogP contribution in [0.25, 0.3) is 22.3 Å². The number of esters is 2. The predicted molar refractivity (Wildman–Crippen MR) is 280 cm³/mol. The molecule has 0 heterocycles. The molecule has 4 aromatic rings. The maximum atomic E-state index is 11.1. The lowest BCUT2D eigenvalue weighted by molar-refractivity contribution is -0.138. The third-order valence-corrected chi connectivity index (χ3v) is 15.1. The first-order chi connectivity index (χ1) is 33.4. The zero-order chi connectivity index (χ0) is 47.8. The fraction of sp³-hybridized carbons (Fsp3) is 0.500. The fourth-order valence-electron chi connectivity index (χ4n) is 11.1. The lowest BCUT2D eigenvalue weighted by Crippen LogP contribution is -2.33. The molecule has 0 aromatic heterocycles. The highest BCUT2D eigenvalue weighted by atomic mass is 16.5. The van der Waals surface area contributed by atoms with Crippen LogP contribution in [0.15, 0.2) is 122 Å². The van der Waals surface area contributed by atoms with E-state index >= 15 is 0 Å². The average Bonchev–Trinajstić information content (AvgIpc) is 3.39. The number of carbonyl (C=O) groups excluding carboxylic acids is 2. The van der Waals surface area contributed by atoms with Gasteiger partial charge in [-0.05, 0) is 209 Å². The Bertz CT molecular complexity index is 2050. The molecule has 2 fully saturated rings. The summed E-state index contributed by atoms with van der Waals surface area (Å²) in [5.41, 5.74) is 7.95. The number of hydrogen-bond donors (Lipinski definition) is 0. The minimum Gasteiger partial charge on any atom is -0.494 e. The van der Waals surface area contributed by atoms with Crippen molar-refractivity contribution < 1.29 is 28.5 Å². The number of benzene rings is 4. The number of hydrogen-bond acceptors (Lipinski definition) is 6. The van der Waals surface area contributed by atoms with Gasteiger partial charge in [0.2, 0.25) is 0 Å². The molecule has 2 aliphatic rings. The Balaban J connectivity index is 0.910. The molecule has 0 saturated heterocycles. The maximum absolute atomic E-state index is 11.1. The quantitative estimate of drug-likeness (QED) is 0.0307. The van der Waals surface area contributed by atoms with E-state index < -0.39 is 0 Å². The van der Waals surface area contributed by atoms with Crippen molar-refractivity contribution >= 4 is 11.9 Å². The molecule has 2 aliphatic carbocycles. The van der Waals surface area contributed by atoms with E-state index in [1.807, 2.05) is 0 Å². The highest BCUT2D eigenvalue weighted by molar-refractivity contribution is 5.81. The minimum atomic E-state index is -0.351. The molecular weight excluding hydrogens is 841 g/mol. The van der Waals surface area contributed by atoms with Crippen molar-refractivity contribution in [1.82, 2.24) is 0 Å². The van der Waals surface area contributed by atoms with E-state index in [4.69, 9.17) is 18.9 Å². The minimum absolute atomic E-state index is 0.351. The van der Waals surface area contributed by atoms with Crippen LogP contribution in [-0.4, -0.2) is 38.4 Å². The first kappa shape index (κ1) is 52.3. The van der Waals surface area contributed by atoms with Gasteiger partial charge in [-0.3, -0.25) is 0 Å². The van der Waals surface area contributed by atoms with E-state index in [9.17, 15) is 9.59 Å². The standard InChI is InChI=1S/C62H81O6/c1-5-9-18-60(56-33-29-52(30-34-56)48-21-25-50(26-22-48)54-37-41-58(42-38-54)66-44-15-11-13-17-46-68-62(64)8-4)59(6-2)55-31-27-51(28-32-55)47-19-23-49(24-20-47)53-35-39-57(40-36-53)65-43-14-10-12-16-45-67-61(63)7-3/h7-8,19-26,35-42,51-52,55-56,59-60H,2-6,9-18,27-34,43-46H2,1H3. The second kappa shape index (κ2) is 29.0. The van der Waals surface area contributed by atoms with Crippen molar-refractivity contribution in [3.63, 3.8) is 0 Å². The summed E-state index contributed by atoms with van der Waals surface area (Å²) in [6.07, 6.45) is 25.8. The van der Waals surface area contributed by atoms with E-state index in [1.165, 1.54) is 116 Å². The molecule has 6 heteroatoms. The molecule has 0 amide bonds. The molecule has 6 nitrogen and oxygen atoms in total. The number of rotatable bonds is 29. The molecule has 68 heavy (non-hydrogen) atoms. The van der Waals surface area contributed by atoms with Crippen LogP contribution < -0.4 is 9.47 Å². The normalized spacial score (nSPS) is 19.0. The molecule has 1 radical (unpaired) electrons. The summed E-state index contributed by atoms with van der Waals surface area (Å²) in [5.74, 6) is 5.56. The molecule has 365 valence electrons. The molecular formula is C62H81O6. The molecule has 0 aliphatic heterocycles. The lowest BCUT2D eigenvalue weighted by Gasteiger charge is -2.43. The fourth-order valence-corrected chi connectivity index (χ4v) is 11.1. The third kappa shape index (κ3) is 16.6. The average molecular weight is 922 g/mol. The molecule has 2 unspecified atom stereocenters. The van der Waals surface area contributed by atoms with Gasteiger partial charge >= 0.3 is 11.9 Å². The first-order valence-electron chi connectivity index (χ1n) is 26.4. The van der Waals surface area contributed by atoms with Crippen LogP contribution in [0.4, 0.5) is 0 Å². The van der Waals surface area contributed by atoms with Gasteiger partial charge < -0.3 is 18.9 Å². The number of unbranched alkanes of at least 4 members (excludes halogenated alkanes) is 7. The van der Waals surface area contributed by atoms with Gasteiger partial charge in [-0.1, -0.05) is 113 Å². The first-order valence-corrected chi connectivity index (χ1v) is 26.4. The summed E-state index contributed by atoms with van der Waals surface area (Å²) in [7, 11) is 0. The van der Waals surface area contributed by atoms with Crippen molar-refractivity contribution in [2.45, 2.75) is 147 Å². The van der Waals surface area contributed by atoms with Crippen LogP contribution in [0.5, 0.6) is 11.5 Å². The monoisotopic (exact) mass is 922 g/mol. The predicted octanol–water partition coefficient (Wildman–Crippen LogP) is 16.3. The largest absolute Gasteiger partial charge is 0.494 e. The van der Waals surface area contributed by atoms with Crippen molar-refractivity contribution in [2.24, 2.45) is 23.7 Å². The molecule has 2 atom stereocenters. The van der Waals surface area contributed by atoms with Gasteiger partial charge in [-0.2, -0.15) is 0 Å². The van der Waals surface area contributed by atoms with Gasteiger partial charge in [0.25, 0.3) is 0 Å². The summed E-state index contributed by atoms with van der Waals surface area (Å²) in [6, 6.07) is 35.8. The molecule has 4 aromatic carbocycles. The van der Waals surface area contributed by atoms with Gasteiger partial charge in [0.05, 0.1) is 26.4 Å². The van der Waals surface area contributed by atoms with Gasteiger partial charge in [0.15, 0.2) is 0 Å². The van der Waals surface area contributed by atoms with Crippen molar-refractivity contribution in [2.75, 3.05) is 26.4 Å². The van der Waals surface area contributed by atoms with E-state index in [2.05, 4.69) is 124 Å². The smallest absolute Gasteiger partial charge is 0.330 e. The van der Waals surface area contributed by atoms with Crippen LogP contribution in [0, 0.1) is 30.6 Å². The van der Waals surface area contributed by atoms with Crippen molar-refractivity contribution in [1.29, 1.82) is 0 Å². The topological polar surface area (TPSA) is 71.1 Å². The summed E-state index contributed by atoms with van der Waals surface area (Å²) in [5, 5.41) is 0. The SMILES string of the molecule is [CH2]CC(C1CCC(c2ccc(-c3ccc(OCCCCCCOC(=O)C=C)cc3)cc2)CC1)C(CCCC)C1CCC(c2ccc(-c3ccc(OCCCCCCOC(=O)C=C)cc3)cc2)CC1. The van der Waals surface area contributed by atoms with E-state index in [0.29, 0.717) is 38.3 Å². The zero-order valence-electron chi connectivity index (χ0n) is 41.4. The highest BCUT2D eigenvalue weighted by Gasteiger charge is 2.37. The molecule has 0 N–H and O–H groups in total. The number of carbonyl (C=O) groups is 2. The van der Waals surface area contributed by atoms with Gasteiger partial charge in [0.1, 0.15) is 11.5 Å². The second-order valence-corrected chi connectivity index (χ2v) is 19.5. The highest BCUT2D eigenvalue weighted by Crippen LogP contribution is 2.49. The second-order valence-electron chi connectivity index (χ2n) is 19.5. The van der Waals surface area contributed by atoms with Gasteiger partial charge in [-0.25, -0.2) is 9.59 Å². The summed E-state index contributed by atoms with van der Waals surface area (Å²) in [6.45, 7) is 16.1. The van der Waals surface area contributed by atoms with Crippen LogP contribution in [-0.2, 0) is 19.1 Å². The number of ether oxygens (including phenoxy) is 4. The van der Waals surface area contributed by atoms with E-state index in [-0.39, 0.29) is 11.9 Å². The molecule has 2 saturated carbocycles. The molecule has 0 bridgehead atoms. The Labute approximate surface area is 410 Å². The zero-order valence-corrected chi connectivity index (χ0v) is 41.4. The molecule has 6 rings (SSSR count). The van der Waals surface area contributed by atoms with E-state index in [0.717, 1.165) is 93.0 Å². The summed E-state index contributed by atoms with van der Waals surface area (Å²) in [4.78, 5) is 22.3. The Morgan fingerprint density at radius 1 is 0.485 bits per heavy atom. The Morgan fingerprint density at radius 3 is 1.19 bits per heavy atom. The Kier molecular flexibility index (Phi) is 22.3. The van der Waals surface area contributed by atoms with Gasteiger partial charge in [-0.15, -0.1) is 0 Å². The Hall–Kier alpha value is -5.10. The summed E-state index contributed by atoms with van der Waals surface area (Å²) < 4.78 is 22.1. The summed E-state index contributed by atoms with van der Waals surface area (Å²) >= 11 is 0. The lowest BCUT2D eigenvalue weighted by atomic mass is 9.62. The van der Waals surface area contributed by atoms with Crippen LogP contribution in [0.1, 0.15) is 158 Å². The third-order valence-electron chi connectivity index (χ3n) is 15.1. The Morgan fingerprint density at radius 2 is 0.838 bits per heavy atom. The van der Waals surface area contributed by atoms with Crippen molar-refractivity contribution in [3.05, 3.63) is 140 Å². The van der Waals surface area contributed by atoms with Gasteiger partial charge in [0, 0.05) is 12.2 Å². The van der Waals surface area contributed by atoms with Crippen LogP contribution >= 0.6 is 0 Å². The maximum Gasteiger partial charge on any atom is 0.330 e. The van der Waals surface area contributed by atoms with Crippen molar-refractivity contribution in [3.8, 4) is 33.8 Å². The van der Waals surface area contributed by atoms with Crippen LogP contribution in [0.3, 0.4) is 0 Å². The van der Waals surface area contributed by atoms with E-state index in [1.54, 1.807) is 0 Å². The molecule has 0 spiro atoms.